The van der Waals surface area contributed by atoms with E-state index in [0.29, 0.717) is 0 Å². The SMILES string of the molecule is CC(C)(C)[N+]1=c2ccccc2=NC1. The van der Waals surface area contributed by atoms with Gasteiger partial charge in [-0.25, -0.2) is 9.57 Å². The Bertz CT molecular complexity index is 438. The largest absolute Gasteiger partial charge is 0.237 e. The fourth-order valence-electron chi connectivity index (χ4n) is 1.62. The maximum absolute atomic E-state index is 4.47. The monoisotopic (exact) mass is 175 g/mol. The van der Waals surface area contributed by atoms with E-state index in [2.05, 4.69) is 48.5 Å². The minimum Gasteiger partial charge on any atom is -0.213 e. The average molecular weight is 175 g/mol. The van der Waals surface area contributed by atoms with E-state index in [4.69, 9.17) is 0 Å². The number of rotatable bonds is 0. The molecule has 1 aliphatic rings. The Hall–Kier alpha value is -1.18. The highest BCUT2D eigenvalue weighted by molar-refractivity contribution is 5.04. The predicted molar refractivity (Wildman–Crippen MR) is 53.1 cm³/mol. The van der Waals surface area contributed by atoms with Crippen LogP contribution in [0.5, 0.6) is 0 Å². The van der Waals surface area contributed by atoms with Gasteiger partial charge in [-0.2, -0.15) is 0 Å². The fourth-order valence-corrected chi connectivity index (χ4v) is 1.62. The van der Waals surface area contributed by atoms with Crippen molar-refractivity contribution in [1.29, 1.82) is 0 Å². The molecule has 13 heavy (non-hydrogen) atoms. The molecule has 0 saturated carbocycles. The van der Waals surface area contributed by atoms with Gasteiger partial charge in [0.15, 0.2) is 5.54 Å². The van der Waals surface area contributed by atoms with Crippen molar-refractivity contribution in [3.8, 4) is 0 Å². The smallest absolute Gasteiger partial charge is 0.213 e. The first kappa shape index (κ1) is 8.42. The quantitative estimate of drug-likeness (QED) is 0.512. The van der Waals surface area contributed by atoms with Gasteiger partial charge >= 0.3 is 0 Å². The first-order chi connectivity index (χ1) is 6.09. The molecule has 0 spiro atoms. The highest BCUT2D eigenvalue weighted by Crippen LogP contribution is 2.03. The highest BCUT2D eigenvalue weighted by atomic mass is 15.2. The molecule has 0 radical (unpaired) electrons. The molecule has 0 saturated heterocycles. The lowest BCUT2D eigenvalue weighted by atomic mass is 10.1. The zero-order chi connectivity index (χ0) is 9.47. The third-order valence-corrected chi connectivity index (χ3v) is 2.36. The van der Waals surface area contributed by atoms with E-state index in [1.165, 1.54) is 5.36 Å². The van der Waals surface area contributed by atoms with Crippen LogP contribution in [0.15, 0.2) is 29.3 Å². The number of fused-ring (bicyclic) bond motifs is 1. The van der Waals surface area contributed by atoms with Gasteiger partial charge in [0.25, 0.3) is 0 Å². The molecule has 1 aliphatic heterocycles. The van der Waals surface area contributed by atoms with Gasteiger partial charge in [0.05, 0.1) is 0 Å². The average Bonchev–Trinajstić information content (AvgIpc) is 2.45. The Labute approximate surface area is 78.3 Å². The van der Waals surface area contributed by atoms with Gasteiger partial charge in [-0.05, 0) is 26.8 Å². The maximum atomic E-state index is 4.47. The Morgan fingerprint density at radius 2 is 1.92 bits per heavy atom. The summed E-state index contributed by atoms with van der Waals surface area (Å²) in [4.78, 5) is 4.47. The van der Waals surface area contributed by atoms with E-state index in [1.807, 2.05) is 6.07 Å². The lowest BCUT2D eigenvalue weighted by molar-refractivity contribution is 0.368. The molecule has 0 atom stereocenters. The Morgan fingerprint density at radius 3 is 2.62 bits per heavy atom. The van der Waals surface area contributed by atoms with Crippen molar-refractivity contribution in [2.75, 3.05) is 6.67 Å². The van der Waals surface area contributed by atoms with Gasteiger partial charge in [-0.1, -0.05) is 12.1 Å². The lowest BCUT2D eigenvalue weighted by Gasteiger charge is -2.13. The molecular formula is C11H15N2+. The summed E-state index contributed by atoms with van der Waals surface area (Å²) < 4.78 is 2.32. The van der Waals surface area contributed by atoms with E-state index in [-0.39, 0.29) is 5.54 Å². The minimum atomic E-state index is 0.163. The van der Waals surface area contributed by atoms with E-state index in [1.54, 1.807) is 0 Å². The van der Waals surface area contributed by atoms with Crippen molar-refractivity contribution < 1.29 is 0 Å². The summed E-state index contributed by atoms with van der Waals surface area (Å²) in [5, 5.41) is 2.38. The maximum Gasteiger partial charge on any atom is 0.237 e. The molecule has 1 heterocycles. The third kappa shape index (κ3) is 1.37. The van der Waals surface area contributed by atoms with Gasteiger partial charge in [-0.15, -0.1) is 0 Å². The molecule has 2 heteroatoms. The highest BCUT2D eigenvalue weighted by Gasteiger charge is 2.26. The topological polar surface area (TPSA) is 15.4 Å². The summed E-state index contributed by atoms with van der Waals surface area (Å²) in [7, 11) is 0. The number of hydrogen-bond donors (Lipinski definition) is 0. The van der Waals surface area contributed by atoms with E-state index >= 15 is 0 Å². The van der Waals surface area contributed by atoms with Gasteiger partial charge in [0.1, 0.15) is 5.36 Å². The van der Waals surface area contributed by atoms with E-state index in [0.717, 1.165) is 12.0 Å². The normalized spacial score (nSPS) is 15.5. The van der Waals surface area contributed by atoms with Crippen LogP contribution in [0.1, 0.15) is 20.8 Å². The lowest BCUT2D eigenvalue weighted by Crippen LogP contribution is -2.45. The van der Waals surface area contributed by atoms with Crippen molar-refractivity contribution in [3.63, 3.8) is 0 Å². The number of hydrogen-bond acceptors (Lipinski definition) is 1. The second kappa shape index (κ2) is 2.66. The van der Waals surface area contributed by atoms with Gasteiger partial charge < -0.3 is 0 Å². The summed E-state index contributed by atoms with van der Waals surface area (Å²) in [5.41, 5.74) is 0.163. The second-order valence-electron chi connectivity index (χ2n) is 4.39. The van der Waals surface area contributed by atoms with Gasteiger partial charge in [0, 0.05) is 6.07 Å². The molecule has 0 unspecified atom stereocenters. The molecule has 0 bridgehead atoms. The van der Waals surface area contributed by atoms with Gasteiger partial charge in [-0.3, -0.25) is 0 Å². The van der Waals surface area contributed by atoms with Crippen LogP contribution < -0.4 is 15.3 Å². The molecule has 0 amide bonds. The van der Waals surface area contributed by atoms with Crippen LogP contribution in [0, 0.1) is 0 Å². The zero-order valence-electron chi connectivity index (χ0n) is 8.41. The summed E-state index contributed by atoms with van der Waals surface area (Å²) in [5.74, 6) is 0. The fraction of sp³-hybridized carbons (Fsp3) is 0.455. The first-order valence-corrected chi connectivity index (χ1v) is 4.63. The van der Waals surface area contributed by atoms with Crippen LogP contribution in [-0.2, 0) is 0 Å². The Balaban J connectivity index is 2.75. The number of benzene rings is 1. The van der Waals surface area contributed by atoms with Crippen LogP contribution in [0.4, 0.5) is 0 Å². The molecule has 2 rings (SSSR count). The third-order valence-electron chi connectivity index (χ3n) is 2.36. The van der Waals surface area contributed by atoms with Crippen molar-refractivity contribution in [2.24, 2.45) is 4.99 Å². The van der Waals surface area contributed by atoms with E-state index in [9.17, 15) is 0 Å². The molecule has 0 aliphatic carbocycles. The van der Waals surface area contributed by atoms with Crippen LogP contribution >= 0.6 is 0 Å². The summed E-state index contributed by atoms with van der Waals surface area (Å²) in [6, 6.07) is 8.31. The molecule has 1 aromatic rings. The van der Waals surface area contributed by atoms with Gasteiger partial charge in [0.2, 0.25) is 12.0 Å². The molecule has 0 N–H and O–H groups in total. The molecule has 2 nitrogen and oxygen atoms in total. The molecule has 1 aromatic carbocycles. The summed E-state index contributed by atoms with van der Waals surface area (Å²) >= 11 is 0. The van der Waals surface area contributed by atoms with E-state index < -0.39 is 0 Å². The molecule has 68 valence electrons. The van der Waals surface area contributed by atoms with Crippen molar-refractivity contribution in [1.82, 2.24) is 4.58 Å². The predicted octanol–water partition coefficient (Wildman–Crippen LogP) is 0.567. The Morgan fingerprint density at radius 1 is 1.23 bits per heavy atom. The van der Waals surface area contributed by atoms with Crippen LogP contribution in [-0.4, -0.2) is 12.2 Å². The second-order valence-corrected chi connectivity index (χ2v) is 4.39. The van der Waals surface area contributed by atoms with Crippen molar-refractivity contribution in [3.05, 3.63) is 35.0 Å². The minimum absolute atomic E-state index is 0.163. The van der Waals surface area contributed by atoms with Crippen LogP contribution in [0.3, 0.4) is 0 Å². The summed E-state index contributed by atoms with van der Waals surface area (Å²) in [6.07, 6.45) is 0. The standard InChI is InChI=1S/C11H15N2/c1-11(2,3)13-8-12-9-6-4-5-7-10(9)13/h4-7H,8H2,1-3H3/q+1. The number of para-hydroxylation sites is 2. The summed E-state index contributed by atoms with van der Waals surface area (Å²) in [6.45, 7) is 7.43. The first-order valence-electron chi connectivity index (χ1n) is 4.63. The van der Waals surface area contributed by atoms with Crippen molar-refractivity contribution in [2.45, 2.75) is 26.3 Å². The van der Waals surface area contributed by atoms with Crippen LogP contribution in [0.25, 0.3) is 0 Å². The molecule has 0 aromatic heterocycles. The molecule has 0 fully saturated rings. The zero-order valence-corrected chi connectivity index (χ0v) is 8.41. The van der Waals surface area contributed by atoms with Crippen molar-refractivity contribution >= 4 is 0 Å². The molecular weight excluding hydrogens is 160 g/mol. The Kier molecular flexibility index (Phi) is 1.72. The van der Waals surface area contributed by atoms with Crippen LogP contribution in [0.2, 0.25) is 0 Å². The number of nitrogens with zero attached hydrogens (tertiary/aromatic N) is 2.